The van der Waals surface area contributed by atoms with E-state index in [1.807, 2.05) is 59.1 Å². The number of anilines is 1. The second-order valence-electron chi connectivity index (χ2n) is 11.2. The van der Waals surface area contributed by atoms with Crippen molar-refractivity contribution < 1.29 is 14.7 Å². The van der Waals surface area contributed by atoms with Crippen LogP contribution in [0, 0.1) is 5.92 Å². The monoisotopic (exact) mass is 538 g/mol. The Morgan fingerprint density at radius 1 is 0.925 bits per heavy atom. The highest BCUT2D eigenvalue weighted by atomic mass is 16.4. The number of carbonyl (C=O) groups excluding carboxylic acids is 1. The molecule has 4 rings (SSSR count). The van der Waals surface area contributed by atoms with Crippen LogP contribution in [0.3, 0.4) is 0 Å². The van der Waals surface area contributed by atoms with Crippen LogP contribution in [0.5, 0.6) is 0 Å². The van der Waals surface area contributed by atoms with Crippen LogP contribution in [-0.2, 0) is 17.6 Å². The Morgan fingerprint density at radius 2 is 1.73 bits per heavy atom. The molecule has 40 heavy (non-hydrogen) atoms. The number of ketones is 1. The van der Waals surface area contributed by atoms with Crippen molar-refractivity contribution in [3.05, 3.63) is 107 Å². The summed E-state index contributed by atoms with van der Waals surface area (Å²) in [4.78, 5) is 24.8. The standard InChI is InChI=1S/C35H42N2O3/c1-4-5-6-14-32(27-19-17-26(18-20-27)22-25(2)3)36-29-12-9-11-28(23-29)35(40)31-24-30(13-10-16-34(38)39)37-21-8-7-15-33(31)37/h7-9,11-12,15,17-21,23-25,32,36H,4-6,10,13-14,16,22H2,1-3H3,(H,38,39). The summed E-state index contributed by atoms with van der Waals surface area (Å²) in [5.41, 5.74) is 6.64. The van der Waals surface area contributed by atoms with Gasteiger partial charge in [0.05, 0.1) is 11.6 Å². The molecule has 0 bridgehead atoms. The SMILES string of the molecule is CCCCCC(Nc1cccc(C(=O)c2cc(CCCC(=O)O)n3ccccc23)c1)c1ccc(CC(C)C)cc1. The van der Waals surface area contributed by atoms with Gasteiger partial charge in [-0.3, -0.25) is 9.59 Å². The molecule has 210 valence electrons. The van der Waals surface area contributed by atoms with Crippen molar-refractivity contribution in [3.8, 4) is 0 Å². The van der Waals surface area contributed by atoms with E-state index in [9.17, 15) is 9.59 Å². The second kappa shape index (κ2) is 14.0. The average Bonchev–Trinajstić information content (AvgIpc) is 3.31. The predicted octanol–water partition coefficient (Wildman–Crippen LogP) is 8.51. The Labute approximate surface area is 238 Å². The fourth-order valence-electron chi connectivity index (χ4n) is 5.40. The number of hydrogen-bond acceptors (Lipinski definition) is 3. The molecule has 0 amide bonds. The van der Waals surface area contributed by atoms with E-state index in [-0.39, 0.29) is 18.2 Å². The number of aliphatic carboxylic acids is 1. The van der Waals surface area contributed by atoms with Crippen LogP contribution in [-0.4, -0.2) is 21.3 Å². The van der Waals surface area contributed by atoms with E-state index in [1.54, 1.807) is 0 Å². The van der Waals surface area contributed by atoms with Gasteiger partial charge in [-0.25, -0.2) is 0 Å². The molecule has 0 spiro atoms. The maximum absolute atomic E-state index is 13.8. The average molecular weight is 539 g/mol. The topological polar surface area (TPSA) is 70.8 Å². The van der Waals surface area contributed by atoms with E-state index in [1.165, 1.54) is 24.0 Å². The summed E-state index contributed by atoms with van der Waals surface area (Å²) in [5, 5.41) is 12.8. The maximum Gasteiger partial charge on any atom is 0.303 e. The molecule has 0 radical (unpaired) electrons. The number of benzene rings is 2. The molecule has 5 nitrogen and oxygen atoms in total. The van der Waals surface area contributed by atoms with Gasteiger partial charge in [0.25, 0.3) is 0 Å². The first kappa shape index (κ1) is 29.1. The smallest absolute Gasteiger partial charge is 0.303 e. The van der Waals surface area contributed by atoms with Gasteiger partial charge in [-0.15, -0.1) is 0 Å². The number of aromatic nitrogens is 1. The molecule has 1 atom stereocenters. The summed E-state index contributed by atoms with van der Waals surface area (Å²) in [6.45, 7) is 6.71. The minimum absolute atomic E-state index is 0.0302. The Balaban J connectivity index is 1.57. The van der Waals surface area contributed by atoms with E-state index in [0.29, 0.717) is 29.9 Å². The highest BCUT2D eigenvalue weighted by Crippen LogP contribution is 2.28. The predicted molar refractivity (Wildman–Crippen MR) is 163 cm³/mol. The number of carboxylic acids is 1. The third kappa shape index (κ3) is 7.62. The van der Waals surface area contributed by atoms with Crippen LogP contribution < -0.4 is 5.32 Å². The van der Waals surface area contributed by atoms with Crippen molar-refractivity contribution in [3.63, 3.8) is 0 Å². The van der Waals surface area contributed by atoms with Gasteiger partial charge in [-0.05, 0) is 73.1 Å². The number of nitrogens with one attached hydrogen (secondary N) is 1. The summed E-state index contributed by atoms with van der Waals surface area (Å²) in [5.74, 6) is -0.207. The largest absolute Gasteiger partial charge is 0.481 e. The minimum atomic E-state index is -0.805. The van der Waals surface area contributed by atoms with Gasteiger partial charge in [-0.1, -0.05) is 82.5 Å². The molecule has 1 unspecified atom stereocenters. The molecule has 2 heterocycles. The van der Waals surface area contributed by atoms with Crippen LogP contribution >= 0.6 is 0 Å². The number of pyridine rings is 1. The first-order chi connectivity index (χ1) is 19.4. The highest BCUT2D eigenvalue weighted by molar-refractivity contribution is 6.13. The lowest BCUT2D eigenvalue weighted by molar-refractivity contribution is -0.137. The van der Waals surface area contributed by atoms with Crippen LogP contribution in [0.2, 0.25) is 0 Å². The molecule has 5 heteroatoms. The zero-order valence-electron chi connectivity index (χ0n) is 24.0. The van der Waals surface area contributed by atoms with Gasteiger partial charge in [0.1, 0.15) is 0 Å². The Bertz CT molecular complexity index is 1420. The first-order valence-corrected chi connectivity index (χ1v) is 14.7. The Morgan fingerprint density at radius 3 is 2.45 bits per heavy atom. The number of nitrogens with zero attached hydrogens (tertiary/aromatic N) is 1. The van der Waals surface area contributed by atoms with Gasteiger partial charge in [0, 0.05) is 35.1 Å². The quantitative estimate of drug-likeness (QED) is 0.118. The van der Waals surface area contributed by atoms with Crippen LogP contribution in [0.1, 0.15) is 98.1 Å². The highest BCUT2D eigenvalue weighted by Gasteiger charge is 2.18. The first-order valence-electron chi connectivity index (χ1n) is 14.7. The van der Waals surface area contributed by atoms with Crippen molar-refractivity contribution in [2.45, 2.75) is 78.2 Å². The van der Waals surface area contributed by atoms with Crippen molar-refractivity contribution in [2.75, 3.05) is 5.32 Å². The number of carboxylic acid groups (broad SMARTS) is 1. The molecule has 0 aliphatic carbocycles. The van der Waals surface area contributed by atoms with E-state index in [4.69, 9.17) is 5.11 Å². The molecule has 2 aromatic heterocycles. The molecular weight excluding hydrogens is 496 g/mol. The molecule has 0 fully saturated rings. The summed E-state index contributed by atoms with van der Waals surface area (Å²) in [6.07, 6.45) is 8.79. The third-order valence-electron chi connectivity index (χ3n) is 7.41. The summed E-state index contributed by atoms with van der Waals surface area (Å²) in [6, 6.07) is 24.7. The van der Waals surface area contributed by atoms with Gasteiger partial charge in [0.15, 0.2) is 5.78 Å². The molecule has 0 aliphatic heterocycles. The van der Waals surface area contributed by atoms with Crippen molar-refractivity contribution in [1.82, 2.24) is 4.40 Å². The fourth-order valence-corrected chi connectivity index (χ4v) is 5.40. The summed E-state index contributed by atoms with van der Waals surface area (Å²) >= 11 is 0. The Hall–Kier alpha value is -3.86. The fraction of sp³-hybridized carbons (Fsp3) is 0.371. The van der Waals surface area contributed by atoms with Crippen LogP contribution in [0.25, 0.3) is 5.52 Å². The molecule has 4 aromatic rings. The minimum Gasteiger partial charge on any atom is -0.481 e. The number of unbranched alkanes of at least 4 members (excludes halogenated alkanes) is 2. The zero-order chi connectivity index (χ0) is 28.5. The van der Waals surface area contributed by atoms with Gasteiger partial charge in [0.2, 0.25) is 0 Å². The third-order valence-corrected chi connectivity index (χ3v) is 7.41. The van der Waals surface area contributed by atoms with Crippen LogP contribution in [0.15, 0.2) is 79.0 Å². The molecule has 0 saturated carbocycles. The van der Waals surface area contributed by atoms with Gasteiger partial charge < -0.3 is 14.8 Å². The van der Waals surface area contributed by atoms with Gasteiger partial charge >= 0.3 is 5.97 Å². The lowest BCUT2D eigenvalue weighted by atomic mass is 9.96. The number of rotatable bonds is 15. The van der Waals surface area contributed by atoms with Crippen molar-refractivity contribution in [1.29, 1.82) is 0 Å². The van der Waals surface area contributed by atoms with E-state index in [0.717, 1.165) is 36.2 Å². The van der Waals surface area contributed by atoms with Crippen molar-refractivity contribution >= 4 is 23.0 Å². The molecule has 0 saturated heterocycles. The Kier molecular flexibility index (Phi) is 10.2. The number of hydrogen-bond donors (Lipinski definition) is 2. The summed E-state index contributed by atoms with van der Waals surface area (Å²) < 4.78 is 2.00. The molecule has 0 aliphatic rings. The lowest BCUT2D eigenvalue weighted by Crippen LogP contribution is -2.12. The molecular formula is C35H42N2O3. The second-order valence-corrected chi connectivity index (χ2v) is 11.2. The van der Waals surface area contributed by atoms with Crippen molar-refractivity contribution in [2.24, 2.45) is 5.92 Å². The van der Waals surface area contributed by atoms with E-state index in [2.05, 4.69) is 50.4 Å². The molecule has 2 N–H and O–H groups in total. The van der Waals surface area contributed by atoms with Crippen LogP contribution in [0.4, 0.5) is 5.69 Å². The number of fused-ring (bicyclic) bond motifs is 1. The zero-order valence-corrected chi connectivity index (χ0v) is 24.0. The number of carbonyl (C=O) groups is 2. The number of aryl methyl sites for hydroxylation is 1. The van der Waals surface area contributed by atoms with E-state index >= 15 is 0 Å². The van der Waals surface area contributed by atoms with E-state index < -0.39 is 5.97 Å². The molecule has 2 aromatic carbocycles. The maximum atomic E-state index is 13.8. The summed E-state index contributed by atoms with van der Waals surface area (Å²) in [7, 11) is 0. The normalized spacial score (nSPS) is 12.1. The lowest BCUT2D eigenvalue weighted by Gasteiger charge is -2.21. The van der Waals surface area contributed by atoms with Gasteiger partial charge in [-0.2, -0.15) is 0 Å².